The zero-order valence-electron chi connectivity index (χ0n) is 11.7. The SMILES string of the molecule is CC1CC(C)CC(C(=O)c2c(F)c(F)c(F)c(F)c2F)C1. The molecule has 2 unspecified atom stereocenters. The number of halogens is 5. The van der Waals surface area contributed by atoms with Gasteiger partial charge in [0.2, 0.25) is 5.82 Å². The van der Waals surface area contributed by atoms with Gasteiger partial charge in [-0.25, -0.2) is 22.0 Å². The fourth-order valence-corrected chi connectivity index (χ4v) is 3.19. The summed E-state index contributed by atoms with van der Waals surface area (Å²) in [6.07, 6.45) is 1.66. The normalized spacial score (nSPS) is 26.0. The molecule has 1 nitrogen and oxygen atoms in total. The Morgan fingerprint density at radius 3 is 1.57 bits per heavy atom. The van der Waals surface area contributed by atoms with E-state index in [4.69, 9.17) is 0 Å². The van der Waals surface area contributed by atoms with Gasteiger partial charge in [-0.2, -0.15) is 0 Å². The van der Waals surface area contributed by atoms with Gasteiger partial charge in [0.1, 0.15) is 0 Å². The zero-order valence-corrected chi connectivity index (χ0v) is 11.7. The number of rotatable bonds is 2. The van der Waals surface area contributed by atoms with Crippen LogP contribution in [-0.2, 0) is 0 Å². The molecule has 0 N–H and O–H groups in total. The number of carbonyl (C=O) groups is 1. The van der Waals surface area contributed by atoms with Crippen LogP contribution >= 0.6 is 0 Å². The van der Waals surface area contributed by atoms with Gasteiger partial charge in [0, 0.05) is 5.92 Å². The minimum absolute atomic E-state index is 0.170. The third-order valence-corrected chi connectivity index (χ3v) is 4.01. The third kappa shape index (κ3) is 2.80. The molecule has 116 valence electrons. The van der Waals surface area contributed by atoms with E-state index in [2.05, 4.69) is 0 Å². The number of hydrogen-bond acceptors (Lipinski definition) is 1. The molecule has 1 fully saturated rings. The van der Waals surface area contributed by atoms with Gasteiger partial charge < -0.3 is 0 Å². The number of ketones is 1. The van der Waals surface area contributed by atoms with Crippen LogP contribution in [0.4, 0.5) is 22.0 Å². The monoisotopic (exact) mass is 306 g/mol. The molecule has 0 heterocycles. The lowest BCUT2D eigenvalue weighted by atomic mass is 9.74. The largest absolute Gasteiger partial charge is 0.294 e. The van der Waals surface area contributed by atoms with Crippen molar-refractivity contribution in [3.8, 4) is 0 Å². The van der Waals surface area contributed by atoms with Crippen LogP contribution in [0.5, 0.6) is 0 Å². The topological polar surface area (TPSA) is 17.1 Å². The lowest BCUT2D eigenvalue weighted by Gasteiger charge is -2.30. The van der Waals surface area contributed by atoms with Crippen molar-refractivity contribution in [1.29, 1.82) is 0 Å². The standard InChI is InChI=1S/C15H15F5O/c1-6-3-7(2)5-8(4-6)15(21)9-10(16)12(18)14(20)13(19)11(9)17/h6-8H,3-5H2,1-2H3. The van der Waals surface area contributed by atoms with Crippen molar-refractivity contribution in [2.24, 2.45) is 17.8 Å². The van der Waals surface area contributed by atoms with Gasteiger partial charge in [0.05, 0.1) is 5.56 Å². The molecule has 0 amide bonds. The molecule has 6 heteroatoms. The number of hydrogen-bond donors (Lipinski definition) is 0. The molecule has 0 saturated heterocycles. The molecule has 2 rings (SSSR count). The second-order valence-electron chi connectivity index (χ2n) is 5.92. The van der Waals surface area contributed by atoms with E-state index < -0.39 is 46.4 Å². The predicted octanol–water partition coefficient (Wildman–Crippen LogP) is 4.64. The van der Waals surface area contributed by atoms with Crippen LogP contribution in [-0.4, -0.2) is 5.78 Å². The minimum atomic E-state index is -2.24. The minimum Gasteiger partial charge on any atom is -0.294 e. The van der Waals surface area contributed by atoms with Gasteiger partial charge in [-0.15, -0.1) is 0 Å². The van der Waals surface area contributed by atoms with Crippen LogP contribution in [0, 0.1) is 46.8 Å². The van der Waals surface area contributed by atoms with Crippen molar-refractivity contribution in [3.05, 3.63) is 34.6 Å². The summed E-state index contributed by atoms with van der Waals surface area (Å²) < 4.78 is 66.7. The van der Waals surface area contributed by atoms with E-state index in [-0.39, 0.29) is 11.8 Å². The van der Waals surface area contributed by atoms with E-state index in [1.165, 1.54) is 0 Å². The first-order chi connectivity index (χ1) is 9.73. The summed E-state index contributed by atoms with van der Waals surface area (Å²) in [6, 6.07) is 0. The van der Waals surface area contributed by atoms with Crippen LogP contribution in [0.25, 0.3) is 0 Å². The maximum atomic E-state index is 13.7. The second-order valence-corrected chi connectivity index (χ2v) is 5.92. The van der Waals surface area contributed by atoms with Gasteiger partial charge >= 0.3 is 0 Å². The van der Waals surface area contributed by atoms with Gasteiger partial charge in [-0.05, 0) is 31.1 Å². The Balaban J connectivity index is 2.44. The van der Waals surface area contributed by atoms with E-state index in [0.717, 1.165) is 6.42 Å². The van der Waals surface area contributed by atoms with Gasteiger partial charge in [0.15, 0.2) is 29.1 Å². The summed E-state index contributed by atoms with van der Waals surface area (Å²) in [5.74, 6) is -11.8. The lowest BCUT2D eigenvalue weighted by Crippen LogP contribution is -2.28. The fourth-order valence-electron chi connectivity index (χ4n) is 3.19. The maximum absolute atomic E-state index is 13.7. The highest BCUT2D eigenvalue weighted by atomic mass is 19.2. The molecule has 1 aromatic rings. The summed E-state index contributed by atoms with van der Waals surface area (Å²) in [4.78, 5) is 12.2. The fraction of sp³-hybridized carbons (Fsp3) is 0.533. The molecule has 1 aliphatic carbocycles. The third-order valence-electron chi connectivity index (χ3n) is 4.01. The van der Waals surface area contributed by atoms with Crippen LogP contribution < -0.4 is 0 Å². The molecule has 0 aliphatic heterocycles. The average molecular weight is 306 g/mol. The van der Waals surface area contributed by atoms with E-state index in [9.17, 15) is 26.7 Å². The molecule has 0 radical (unpaired) electrons. The predicted molar refractivity (Wildman–Crippen MR) is 66.2 cm³/mol. The highest BCUT2D eigenvalue weighted by molar-refractivity contribution is 5.98. The molecule has 0 spiro atoms. The molecular weight excluding hydrogens is 291 g/mol. The quantitative estimate of drug-likeness (QED) is 0.337. The molecule has 21 heavy (non-hydrogen) atoms. The van der Waals surface area contributed by atoms with Crippen molar-refractivity contribution in [1.82, 2.24) is 0 Å². The first-order valence-electron chi connectivity index (χ1n) is 6.79. The number of Topliss-reactive ketones (excluding diaryl/α,β-unsaturated/α-hetero) is 1. The molecule has 0 bridgehead atoms. The Bertz CT molecular complexity index is 545. The molecular formula is C15H15F5O. The lowest BCUT2D eigenvalue weighted by molar-refractivity contribution is 0.0824. The molecule has 2 atom stereocenters. The molecule has 1 saturated carbocycles. The van der Waals surface area contributed by atoms with E-state index in [1.807, 2.05) is 13.8 Å². The highest BCUT2D eigenvalue weighted by Gasteiger charge is 2.36. The smallest absolute Gasteiger partial charge is 0.200 e. The van der Waals surface area contributed by atoms with Crippen LogP contribution in [0.2, 0.25) is 0 Å². The van der Waals surface area contributed by atoms with Crippen molar-refractivity contribution in [3.63, 3.8) is 0 Å². The van der Waals surface area contributed by atoms with Crippen molar-refractivity contribution >= 4 is 5.78 Å². The number of benzene rings is 1. The Kier molecular flexibility index (Phi) is 4.35. The van der Waals surface area contributed by atoms with E-state index >= 15 is 0 Å². The van der Waals surface area contributed by atoms with Crippen molar-refractivity contribution in [2.45, 2.75) is 33.1 Å². The summed E-state index contributed by atoms with van der Waals surface area (Å²) in [5, 5.41) is 0. The Morgan fingerprint density at radius 1 is 0.762 bits per heavy atom. The van der Waals surface area contributed by atoms with Gasteiger partial charge in [-0.1, -0.05) is 13.8 Å². The van der Waals surface area contributed by atoms with Crippen LogP contribution in [0.15, 0.2) is 0 Å². The second kappa shape index (κ2) is 5.73. The Morgan fingerprint density at radius 2 is 1.14 bits per heavy atom. The molecule has 1 aromatic carbocycles. The Hall–Kier alpha value is -1.46. The van der Waals surface area contributed by atoms with Crippen LogP contribution in [0.1, 0.15) is 43.5 Å². The van der Waals surface area contributed by atoms with Gasteiger partial charge in [-0.3, -0.25) is 4.79 Å². The van der Waals surface area contributed by atoms with Gasteiger partial charge in [0.25, 0.3) is 0 Å². The Labute approximate surface area is 119 Å². The number of carbonyl (C=O) groups excluding carboxylic acids is 1. The summed E-state index contributed by atoms with van der Waals surface area (Å²) >= 11 is 0. The first-order valence-corrected chi connectivity index (χ1v) is 6.79. The first kappa shape index (κ1) is 15.9. The van der Waals surface area contributed by atoms with Crippen molar-refractivity contribution in [2.75, 3.05) is 0 Å². The molecule has 0 aromatic heterocycles. The van der Waals surface area contributed by atoms with Crippen molar-refractivity contribution < 1.29 is 26.7 Å². The average Bonchev–Trinajstić information content (AvgIpc) is 2.42. The highest BCUT2D eigenvalue weighted by Crippen LogP contribution is 2.36. The summed E-state index contributed by atoms with van der Waals surface area (Å²) in [6.45, 7) is 3.79. The summed E-state index contributed by atoms with van der Waals surface area (Å²) in [5.41, 5.74) is -1.31. The zero-order chi connectivity index (χ0) is 15.9. The maximum Gasteiger partial charge on any atom is 0.200 e. The van der Waals surface area contributed by atoms with E-state index in [1.54, 1.807) is 0 Å². The van der Waals surface area contributed by atoms with E-state index in [0.29, 0.717) is 12.8 Å². The molecule has 1 aliphatic rings. The summed E-state index contributed by atoms with van der Waals surface area (Å²) in [7, 11) is 0. The van der Waals surface area contributed by atoms with Crippen LogP contribution in [0.3, 0.4) is 0 Å².